The van der Waals surface area contributed by atoms with Gasteiger partial charge in [-0.2, -0.15) is 0 Å². The summed E-state index contributed by atoms with van der Waals surface area (Å²) in [6, 6.07) is 6.89. The highest BCUT2D eigenvalue weighted by molar-refractivity contribution is 7.16. The van der Waals surface area contributed by atoms with Crippen LogP contribution in [0.3, 0.4) is 0 Å². The molecule has 7 nitrogen and oxygen atoms in total. The summed E-state index contributed by atoms with van der Waals surface area (Å²) in [6.07, 6.45) is 3.08. The molecular weight excluding hydrogens is 374 g/mol. The first-order chi connectivity index (χ1) is 13.7. The van der Waals surface area contributed by atoms with Gasteiger partial charge in [0.25, 0.3) is 0 Å². The molecular formula is C20H23N5O2S. The third kappa shape index (κ3) is 3.83. The Morgan fingerprint density at radius 2 is 1.93 bits per heavy atom. The van der Waals surface area contributed by atoms with Crippen LogP contribution in [0.1, 0.15) is 35.8 Å². The van der Waals surface area contributed by atoms with Crippen LogP contribution >= 0.6 is 11.3 Å². The van der Waals surface area contributed by atoms with Crippen molar-refractivity contribution in [3.8, 4) is 0 Å². The standard InChI is InChI=1S/C20H23N5O2S/c1-3-27-19(26)16-11-21-20(22-12-16)25-8-6-24(7-9-25)14(2)15-4-5-18-17(10-15)23-13-28-18/h4-5,10-14H,3,6-9H2,1-2H3. The highest BCUT2D eigenvalue weighted by Gasteiger charge is 2.24. The van der Waals surface area contributed by atoms with E-state index in [1.54, 1.807) is 30.7 Å². The molecule has 0 N–H and O–H groups in total. The highest BCUT2D eigenvalue weighted by Crippen LogP contribution is 2.27. The number of rotatable bonds is 5. The second kappa shape index (κ2) is 8.20. The first kappa shape index (κ1) is 18.8. The lowest BCUT2D eigenvalue weighted by molar-refractivity contribution is 0.0525. The van der Waals surface area contributed by atoms with Gasteiger partial charge >= 0.3 is 5.97 Å². The number of piperazine rings is 1. The van der Waals surface area contributed by atoms with E-state index in [9.17, 15) is 4.79 Å². The van der Waals surface area contributed by atoms with Crippen LogP contribution in [0.15, 0.2) is 36.1 Å². The molecule has 0 saturated carbocycles. The van der Waals surface area contributed by atoms with Gasteiger partial charge in [-0.05, 0) is 31.5 Å². The van der Waals surface area contributed by atoms with Crippen LogP contribution in [0, 0.1) is 0 Å². The fourth-order valence-electron chi connectivity index (χ4n) is 3.46. The molecule has 1 unspecified atom stereocenters. The number of anilines is 1. The molecule has 146 valence electrons. The molecule has 0 aliphatic carbocycles. The van der Waals surface area contributed by atoms with Gasteiger partial charge < -0.3 is 9.64 Å². The molecule has 28 heavy (non-hydrogen) atoms. The Bertz CT molecular complexity index is 951. The molecule has 1 aliphatic rings. The van der Waals surface area contributed by atoms with Crippen molar-refractivity contribution in [1.29, 1.82) is 0 Å². The maximum Gasteiger partial charge on any atom is 0.341 e. The lowest BCUT2D eigenvalue weighted by Crippen LogP contribution is -2.47. The average molecular weight is 398 g/mol. The molecule has 1 aromatic carbocycles. The van der Waals surface area contributed by atoms with Gasteiger partial charge in [-0.1, -0.05) is 6.07 Å². The number of hydrogen-bond donors (Lipinski definition) is 0. The van der Waals surface area contributed by atoms with Crippen LogP contribution in [-0.2, 0) is 4.74 Å². The van der Waals surface area contributed by atoms with E-state index in [1.807, 2.05) is 5.51 Å². The summed E-state index contributed by atoms with van der Waals surface area (Å²) in [5.74, 6) is 0.272. The van der Waals surface area contributed by atoms with E-state index in [4.69, 9.17) is 4.74 Å². The van der Waals surface area contributed by atoms with Crippen LogP contribution in [0.25, 0.3) is 10.2 Å². The van der Waals surface area contributed by atoms with Crippen molar-refractivity contribution in [3.63, 3.8) is 0 Å². The molecule has 0 bridgehead atoms. The predicted molar refractivity (Wildman–Crippen MR) is 110 cm³/mol. The number of nitrogens with zero attached hydrogens (tertiary/aromatic N) is 5. The third-order valence-electron chi connectivity index (χ3n) is 5.13. The summed E-state index contributed by atoms with van der Waals surface area (Å²) in [4.78, 5) is 29.5. The number of fused-ring (bicyclic) bond motifs is 1. The number of carbonyl (C=O) groups excluding carboxylic acids is 1. The summed E-state index contributed by atoms with van der Waals surface area (Å²) in [7, 11) is 0. The minimum absolute atomic E-state index is 0.334. The summed E-state index contributed by atoms with van der Waals surface area (Å²) < 4.78 is 6.20. The van der Waals surface area contributed by atoms with E-state index in [1.165, 1.54) is 10.3 Å². The Balaban J connectivity index is 1.38. The number of hydrogen-bond acceptors (Lipinski definition) is 8. The fraction of sp³-hybridized carbons (Fsp3) is 0.400. The molecule has 1 aliphatic heterocycles. The van der Waals surface area contributed by atoms with Gasteiger partial charge in [0, 0.05) is 44.6 Å². The lowest BCUT2D eigenvalue weighted by atomic mass is 10.1. The van der Waals surface area contributed by atoms with Crippen molar-refractivity contribution in [2.24, 2.45) is 0 Å². The SMILES string of the molecule is CCOC(=O)c1cnc(N2CCN(C(C)c3ccc4scnc4c3)CC2)nc1. The van der Waals surface area contributed by atoms with Crippen molar-refractivity contribution >= 4 is 33.5 Å². The first-order valence-electron chi connectivity index (χ1n) is 9.47. The molecule has 0 radical (unpaired) electrons. The molecule has 3 aromatic rings. The van der Waals surface area contributed by atoms with Gasteiger partial charge in [0.2, 0.25) is 5.95 Å². The molecule has 1 saturated heterocycles. The number of benzene rings is 1. The summed E-state index contributed by atoms with van der Waals surface area (Å²) in [6.45, 7) is 7.93. The minimum atomic E-state index is -0.384. The maximum atomic E-state index is 11.7. The minimum Gasteiger partial charge on any atom is -0.462 e. The monoisotopic (exact) mass is 397 g/mol. The molecule has 4 rings (SSSR count). The molecule has 0 amide bonds. The van der Waals surface area contributed by atoms with Crippen LogP contribution in [0.4, 0.5) is 5.95 Å². The lowest BCUT2D eigenvalue weighted by Gasteiger charge is -2.38. The van der Waals surface area contributed by atoms with Crippen molar-refractivity contribution in [2.75, 3.05) is 37.7 Å². The van der Waals surface area contributed by atoms with Crippen molar-refractivity contribution < 1.29 is 9.53 Å². The van der Waals surface area contributed by atoms with Gasteiger partial charge in [0.05, 0.1) is 27.9 Å². The molecule has 1 atom stereocenters. The van der Waals surface area contributed by atoms with E-state index in [2.05, 4.69) is 49.9 Å². The second-order valence-electron chi connectivity index (χ2n) is 6.77. The van der Waals surface area contributed by atoms with Gasteiger partial charge in [0.1, 0.15) is 0 Å². The molecule has 8 heteroatoms. The molecule has 2 aromatic heterocycles. The van der Waals surface area contributed by atoms with Crippen LogP contribution < -0.4 is 4.90 Å². The van der Waals surface area contributed by atoms with Crippen LogP contribution in [0.5, 0.6) is 0 Å². The second-order valence-corrected chi connectivity index (χ2v) is 7.66. The normalized spacial score (nSPS) is 16.3. The highest BCUT2D eigenvalue weighted by atomic mass is 32.1. The van der Waals surface area contributed by atoms with E-state index < -0.39 is 0 Å². The Kier molecular flexibility index (Phi) is 5.50. The Morgan fingerprint density at radius 3 is 2.64 bits per heavy atom. The Hall–Kier alpha value is -2.58. The third-order valence-corrected chi connectivity index (χ3v) is 5.94. The number of esters is 1. The Morgan fingerprint density at radius 1 is 1.18 bits per heavy atom. The number of ether oxygens (including phenoxy) is 1. The zero-order valence-corrected chi connectivity index (χ0v) is 16.9. The number of thiazole rings is 1. The van der Waals surface area contributed by atoms with Gasteiger partial charge in [-0.15, -0.1) is 11.3 Å². The smallest absolute Gasteiger partial charge is 0.341 e. The predicted octanol–water partition coefficient (Wildman–Crippen LogP) is 3.15. The topological polar surface area (TPSA) is 71.5 Å². The molecule has 1 fully saturated rings. The quantitative estimate of drug-likeness (QED) is 0.613. The fourth-order valence-corrected chi connectivity index (χ4v) is 4.12. The van der Waals surface area contributed by atoms with Gasteiger partial charge in [0.15, 0.2) is 0 Å². The number of aromatic nitrogens is 3. The van der Waals surface area contributed by atoms with Gasteiger partial charge in [-0.3, -0.25) is 4.90 Å². The van der Waals surface area contributed by atoms with Crippen molar-refractivity contribution in [3.05, 3.63) is 47.2 Å². The zero-order valence-electron chi connectivity index (χ0n) is 16.0. The van der Waals surface area contributed by atoms with Gasteiger partial charge in [-0.25, -0.2) is 19.7 Å². The number of carbonyl (C=O) groups is 1. The van der Waals surface area contributed by atoms with E-state index >= 15 is 0 Å². The van der Waals surface area contributed by atoms with Crippen molar-refractivity contribution in [1.82, 2.24) is 19.9 Å². The largest absolute Gasteiger partial charge is 0.462 e. The average Bonchev–Trinajstić information content (AvgIpc) is 3.21. The van der Waals surface area contributed by atoms with E-state index in [0.29, 0.717) is 24.2 Å². The summed E-state index contributed by atoms with van der Waals surface area (Å²) in [5.41, 5.74) is 4.64. The van der Waals surface area contributed by atoms with Crippen LogP contribution in [-0.4, -0.2) is 58.6 Å². The summed E-state index contributed by atoms with van der Waals surface area (Å²) in [5, 5.41) is 0. The van der Waals surface area contributed by atoms with E-state index in [0.717, 1.165) is 31.7 Å². The van der Waals surface area contributed by atoms with E-state index in [-0.39, 0.29) is 5.97 Å². The Labute approximate surface area is 168 Å². The van der Waals surface area contributed by atoms with Crippen molar-refractivity contribution in [2.45, 2.75) is 19.9 Å². The first-order valence-corrected chi connectivity index (χ1v) is 10.3. The van der Waals surface area contributed by atoms with Crippen LogP contribution in [0.2, 0.25) is 0 Å². The summed E-state index contributed by atoms with van der Waals surface area (Å²) >= 11 is 1.67. The zero-order chi connectivity index (χ0) is 19.5. The molecule has 0 spiro atoms. The molecule has 3 heterocycles. The maximum absolute atomic E-state index is 11.7.